The van der Waals surface area contributed by atoms with E-state index in [1.165, 1.54) is 11.8 Å². The van der Waals surface area contributed by atoms with E-state index in [-0.39, 0.29) is 12.5 Å². The molecule has 1 aliphatic rings. The monoisotopic (exact) mass is 356 g/mol. The highest BCUT2D eigenvalue weighted by Gasteiger charge is 2.39. The van der Waals surface area contributed by atoms with E-state index in [1.807, 2.05) is 24.5 Å². The molecule has 1 atom stereocenters. The molecule has 1 fully saturated rings. The maximum atomic E-state index is 12.5. The maximum absolute atomic E-state index is 12.5. The second kappa shape index (κ2) is 7.34. The van der Waals surface area contributed by atoms with Gasteiger partial charge in [0.1, 0.15) is 5.75 Å². The summed E-state index contributed by atoms with van der Waals surface area (Å²) in [7, 11) is 0. The molecule has 1 aliphatic carbocycles. The van der Waals surface area contributed by atoms with E-state index in [0.29, 0.717) is 11.3 Å². The lowest BCUT2D eigenvalue weighted by atomic mass is 9.77. The number of nitrogens with zero attached hydrogens (tertiary/aromatic N) is 1. The summed E-state index contributed by atoms with van der Waals surface area (Å²) in [5, 5.41) is 13.3. The lowest BCUT2D eigenvalue weighted by Gasteiger charge is -2.41. The minimum absolute atomic E-state index is 0.0453. The molecule has 1 heterocycles. The Bertz CT molecular complexity index is 822. The zero-order valence-corrected chi connectivity index (χ0v) is 14.8. The molecule has 5 nitrogen and oxygen atoms in total. The number of amides is 1. The SMILES string of the molecule is C#Cc1cnc2ccc(OC(SC)C(=O)NC3(CO)CCC3)cc2c1. The minimum atomic E-state index is -0.690. The van der Waals surface area contributed by atoms with E-state index in [0.717, 1.165) is 30.2 Å². The van der Waals surface area contributed by atoms with Crippen LogP contribution in [0.5, 0.6) is 5.75 Å². The van der Waals surface area contributed by atoms with Gasteiger partial charge in [-0.15, -0.1) is 18.2 Å². The smallest absolute Gasteiger partial charge is 0.272 e. The quantitative estimate of drug-likeness (QED) is 0.614. The Kier molecular flexibility index (Phi) is 5.16. The number of carbonyl (C=O) groups is 1. The van der Waals surface area contributed by atoms with Crippen molar-refractivity contribution in [3.63, 3.8) is 0 Å². The van der Waals surface area contributed by atoms with E-state index >= 15 is 0 Å². The van der Waals surface area contributed by atoms with Gasteiger partial charge in [0.2, 0.25) is 5.44 Å². The minimum Gasteiger partial charge on any atom is -0.470 e. The van der Waals surface area contributed by atoms with Crippen molar-refractivity contribution in [2.45, 2.75) is 30.2 Å². The number of rotatable bonds is 6. The van der Waals surface area contributed by atoms with E-state index in [1.54, 1.807) is 12.3 Å². The van der Waals surface area contributed by atoms with Gasteiger partial charge in [0.05, 0.1) is 17.7 Å². The lowest BCUT2D eigenvalue weighted by molar-refractivity contribution is -0.128. The molecular formula is C19H20N2O3S. The first-order valence-electron chi connectivity index (χ1n) is 8.08. The van der Waals surface area contributed by atoms with Crippen LogP contribution in [-0.4, -0.2) is 39.8 Å². The van der Waals surface area contributed by atoms with Crippen molar-refractivity contribution in [2.75, 3.05) is 12.9 Å². The largest absolute Gasteiger partial charge is 0.470 e. The van der Waals surface area contributed by atoms with Crippen LogP contribution in [0.4, 0.5) is 0 Å². The van der Waals surface area contributed by atoms with E-state index in [2.05, 4.69) is 16.2 Å². The molecule has 6 heteroatoms. The van der Waals surface area contributed by atoms with Gasteiger partial charge >= 0.3 is 0 Å². The molecule has 3 rings (SSSR count). The van der Waals surface area contributed by atoms with Crippen molar-refractivity contribution < 1.29 is 14.6 Å². The van der Waals surface area contributed by atoms with Crippen molar-refractivity contribution in [3.05, 3.63) is 36.0 Å². The van der Waals surface area contributed by atoms with Gasteiger partial charge in [0.25, 0.3) is 5.91 Å². The molecule has 0 saturated heterocycles. The Morgan fingerprint density at radius 2 is 2.32 bits per heavy atom. The molecule has 0 spiro atoms. The van der Waals surface area contributed by atoms with Crippen molar-refractivity contribution in [3.8, 4) is 18.1 Å². The van der Waals surface area contributed by atoms with Crippen LogP contribution in [0.25, 0.3) is 10.9 Å². The van der Waals surface area contributed by atoms with Gasteiger partial charge in [-0.05, 0) is 49.8 Å². The van der Waals surface area contributed by atoms with Gasteiger partial charge in [-0.25, -0.2) is 0 Å². The number of ether oxygens (including phenoxy) is 1. The van der Waals surface area contributed by atoms with E-state index in [9.17, 15) is 9.90 Å². The molecule has 2 N–H and O–H groups in total. The molecule has 1 saturated carbocycles. The molecule has 2 aromatic rings. The molecule has 0 radical (unpaired) electrons. The average Bonchev–Trinajstić information content (AvgIpc) is 2.61. The first kappa shape index (κ1) is 17.6. The van der Waals surface area contributed by atoms with Gasteiger partial charge in [-0.2, -0.15) is 0 Å². The lowest BCUT2D eigenvalue weighted by Crippen LogP contribution is -2.58. The highest BCUT2D eigenvalue weighted by molar-refractivity contribution is 7.99. The molecule has 0 bridgehead atoms. The third-order valence-corrected chi connectivity index (χ3v) is 5.23. The summed E-state index contributed by atoms with van der Waals surface area (Å²) in [5.74, 6) is 2.91. The summed E-state index contributed by atoms with van der Waals surface area (Å²) >= 11 is 1.31. The normalized spacial score (nSPS) is 16.5. The van der Waals surface area contributed by atoms with Crippen molar-refractivity contribution in [1.29, 1.82) is 0 Å². The van der Waals surface area contributed by atoms with Crippen LogP contribution in [0.3, 0.4) is 0 Å². The molecule has 1 aromatic carbocycles. The van der Waals surface area contributed by atoms with Crippen LogP contribution < -0.4 is 10.1 Å². The number of thioether (sulfide) groups is 1. The van der Waals surface area contributed by atoms with Crippen LogP contribution in [0.2, 0.25) is 0 Å². The van der Waals surface area contributed by atoms with Gasteiger partial charge in [0, 0.05) is 17.1 Å². The predicted octanol–water partition coefficient (Wildman–Crippen LogP) is 2.32. The fourth-order valence-electron chi connectivity index (χ4n) is 2.84. The van der Waals surface area contributed by atoms with Gasteiger partial charge in [-0.1, -0.05) is 5.92 Å². The zero-order chi connectivity index (χ0) is 17.9. The Balaban J connectivity index is 1.75. The van der Waals surface area contributed by atoms with Crippen LogP contribution >= 0.6 is 11.8 Å². The summed E-state index contributed by atoms with van der Waals surface area (Å²) in [6.45, 7) is -0.0453. The highest BCUT2D eigenvalue weighted by Crippen LogP contribution is 2.32. The number of hydrogen-bond acceptors (Lipinski definition) is 5. The molecule has 1 unspecified atom stereocenters. The van der Waals surface area contributed by atoms with E-state index < -0.39 is 11.0 Å². The molecule has 25 heavy (non-hydrogen) atoms. The number of fused-ring (bicyclic) bond motifs is 1. The zero-order valence-electron chi connectivity index (χ0n) is 14.0. The molecule has 1 aromatic heterocycles. The summed E-state index contributed by atoms with van der Waals surface area (Å²) < 4.78 is 5.86. The van der Waals surface area contributed by atoms with Crippen LogP contribution in [0, 0.1) is 12.3 Å². The number of aliphatic hydroxyl groups is 1. The van der Waals surface area contributed by atoms with Crippen LogP contribution in [0.1, 0.15) is 24.8 Å². The van der Waals surface area contributed by atoms with Crippen molar-refractivity contribution in [1.82, 2.24) is 10.3 Å². The highest BCUT2D eigenvalue weighted by atomic mass is 32.2. The average molecular weight is 356 g/mol. The number of benzene rings is 1. The molecule has 1 amide bonds. The number of terminal acetylenes is 1. The van der Waals surface area contributed by atoms with Gasteiger partial charge in [0.15, 0.2) is 0 Å². The summed E-state index contributed by atoms with van der Waals surface area (Å²) in [6.07, 6.45) is 11.5. The second-order valence-corrected chi connectivity index (χ2v) is 7.09. The Hall–Kier alpha value is -2.23. The number of aromatic nitrogens is 1. The second-order valence-electron chi connectivity index (χ2n) is 6.19. The fraction of sp³-hybridized carbons (Fsp3) is 0.368. The van der Waals surface area contributed by atoms with Crippen LogP contribution in [0.15, 0.2) is 30.5 Å². The Morgan fingerprint density at radius 3 is 2.92 bits per heavy atom. The van der Waals surface area contributed by atoms with Gasteiger partial charge < -0.3 is 15.2 Å². The maximum Gasteiger partial charge on any atom is 0.272 e. The molecule has 130 valence electrons. The molecular weight excluding hydrogens is 336 g/mol. The molecule has 0 aliphatic heterocycles. The third-order valence-electron chi connectivity index (χ3n) is 4.49. The first-order valence-corrected chi connectivity index (χ1v) is 9.37. The number of aliphatic hydroxyl groups excluding tert-OH is 1. The summed E-state index contributed by atoms with van der Waals surface area (Å²) in [6, 6.07) is 7.30. The predicted molar refractivity (Wildman–Crippen MR) is 99.4 cm³/mol. The van der Waals surface area contributed by atoms with Crippen molar-refractivity contribution >= 4 is 28.6 Å². The standard InChI is InChI=1S/C19H20N2O3S/c1-3-13-9-14-10-15(5-6-16(14)20-11-13)24-18(25-2)17(23)21-19(12-22)7-4-8-19/h1,5-6,9-11,18,22H,4,7-8,12H2,2H3,(H,21,23). The first-order chi connectivity index (χ1) is 12.1. The number of hydrogen-bond donors (Lipinski definition) is 2. The van der Waals surface area contributed by atoms with E-state index in [4.69, 9.17) is 11.2 Å². The number of pyridine rings is 1. The fourth-order valence-corrected chi connectivity index (χ4v) is 3.32. The number of nitrogens with one attached hydrogen (secondary N) is 1. The van der Waals surface area contributed by atoms with Gasteiger partial charge in [-0.3, -0.25) is 9.78 Å². The third kappa shape index (κ3) is 3.73. The Morgan fingerprint density at radius 1 is 1.52 bits per heavy atom. The number of carbonyl (C=O) groups excluding carboxylic acids is 1. The summed E-state index contributed by atoms with van der Waals surface area (Å²) in [5.41, 5.74) is 0.331. The summed E-state index contributed by atoms with van der Waals surface area (Å²) in [4.78, 5) is 16.8. The van der Waals surface area contributed by atoms with Crippen molar-refractivity contribution in [2.24, 2.45) is 0 Å². The Labute approximate surface area is 151 Å². The van der Waals surface area contributed by atoms with Crippen LogP contribution in [-0.2, 0) is 4.79 Å². The topological polar surface area (TPSA) is 71.5 Å².